The van der Waals surface area contributed by atoms with E-state index in [-0.39, 0.29) is 18.2 Å². The second kappa shape index (κ2) is 7.61. The summed E-state index contributed by atoms with van der Waals surface area (Å²) < 4.78 is 5.71. The molecule has 3 rings (SSSR count). The molecule has 2 aromatic rings. The SMILES string of the molecule is CCC(Oc1ccccc1)C(=O)NC1=NN(c2ccccc2)C(=O)C1. The third kappa shape index (κ3) is 4.03. The zero-order valence-corrected chi connectivity index (χ0v) is 13.9. The number of amidine groups is 1. The topological polar surface area (TPSA) is 71.0 Å². The van der Waals surface area contributed by atoms with Gasteiger partial charge >= 0.3 is 0 Å². The molecule has 0 bridgehead atoms. The molecule has 6 nitrogen and oxygen atoms in total. The highest BCUT2D eigenvalue weighted by molar-refractivity contribution is 6.16. The van der Waals surface area contributed by atoms with E-state index in [1.165, 1.54) is 5.01 Å². The number of para-hydroxylation sites is 2. The van der Waals surface area contributed by atoms with Crippen LogP contribution in [0.4, 0.5) is 5.69 Å². The summed E-state index contributed by atoms with van der Waals surface area (Å²) in [5.74, 6) is 0.458. The van der Waals surface area contributed by atoms with Crippen molar-refractivity contribution in [1.29, 1.82) is 0 Å². The maximum Gasteiger partial charge on any atom is 0.266 e. The van der Waals surface area contributed by atoms with Crippen LogP contribution in [0.3, 0.4) is 0 Å². The van der Waals surface area contributed by atoms with Gasteiger partial charge in [-0.2, -0.15) is 10.1 Å². The fourth-order valence-electron chi connectivity index (χ4n) is 2.48. The van der Waals surface area contributed by atoms with E-state index in [4.69, 9.17) is 4.74 Å². The van der Waals surface area contributed by atoms with Crippen LogP contribution in [0.25, 0.3) is 0 Å². The Morgan fingerprint density at radius 1 is 1.16 bits per heavy atom. The Balaban J connectivity index is 1.66. The molecule has 1 aliphatic rings. The van der Waals surface area contributed by atoms with Crippen molar-refractivity contribution in [2.75, 3.05) is 5.01 Å². The Bertz CT molecular complexity index is 775. The van der Waals surface area contributed by atoms with E-state index in [2.05, 4.69) is 10.4 Å². The van der Waals surface area contributed by atoms with Crippen LogP contribution in [0.5, 0.6) is 5.75 Å². The first-order valence-electron chi connectivity index (χ1n) is 8.15. The van der Waals surface area contributed by atoms with Gasteiger partial charge in [0.05, 0.1) is 12.1 Å². The van der Waals surface area contributed by atoms with Crippen LogP contribution in [-0.4, -0.2) is 23.8 Å². The molecule has 0 aromatic heterocycles. The van der Waals surface area contributed by atoms with Gasteiger partial charge in [0.15, 0.2) is 6.10 Å². The third-order valence-electron chi connectivity index (χ3n) is 3.73. The van der Waals surface area contributed by atoms with Crippen molar-refractivity contribution in [2.24, 2.45) is 5.10 Å². The maximum absolute atomic E-state index is 12.4. The molecule has 25 heavy (non-hydrogen) atoms. The van der Waals surface area contributed by atoms with E-state index in [0.29, 0.717) is 23.7 Å². The average molecular weight is 337 g/mol. The van der Waals surface area contributed by atoms with Crippen LogP contribution >= 0.6 is 0 Å². The van der Waals surface area contributed by atoms with Gasteiger partial charge in [-0.1, -0.05) is 43.3 Å². The lowest BCUT2D eigenvalue weighted by Crippen LogP contribution is -2.41. The minimum Gasteiger partial charge on any atom is -0.481 e. The van der Waals surface area contributed by atoms with Crippen molar-refractivity contribution in [3.8, 4) is 5.75 Å². The van der Waals surface area contributed by atoms with Crippen LogP contribution in [0.1, 0.15) is 19.8 Å². The standard InChI is InChI=1S/C19H19N3O3/c1-2-16(25-15-11-7-4-8-12-15)19(24)20-17-13-18(23)22(21-17)14-9-5-3-6-10-14/h3-12,16H,2,13H2,1H3,(H,20,21,24). The molecule has 1 unspecified atom stereocenters. The first-order chi connectivity index (χ1) is 12.2. The monoisotopic (exact) mass is 337 g/mol. The zero-order chi connectivity index (χ0) is 17.6. The lowest BCUT2D eigenvalue weighted by Gasteiger charge is -2.16. The predicted molar refractivity (Wildman–Crippen MR) is 95.3 cm³/mol. The summed E-state index contributed by atoms with van der Waals surface area (Å²) in [6.45, 7) is 1.87. The molecule has 2 amide bonds. The number of hydrogen-bond donors (Lipinski definition) is 1. The number of nitrogens with zero attached hydrogens (tertiary/aromatic N) is 2. The smallest absolute Gasteiger partial charge is 0.266 e. The molecule has 0 aliphatic carbocycles. The summed E-state index contributed by atoms with van der Waals surface area (Å²) in [6.07, 6.45) is -0.0850. The van der Waals surface area contributed by atoms with Gasteiger partial charge in [-0.3, -0.25) is 9.59 Å². The Morgan fingerprint density at radius 2 is 1.80 bits per heavy atom. The van der Waals surface area contributed by atoms with Crippen LogP contribution in [0.15, 0.2) is 65.8 Å². The van der Waals surface area contributed by atoms with E-state index in [0.717, 1.165) is 0 Å². The van der Waals surface area contributed by atoms with Crippen LogP contribution in [0.2, 0.25) is 0 Å². The van der Waals surface area contributed by atoms with Crippen molar-refractivity contribution in [3.05, 3.63) is 60.7 Å². The number of carbonyl (C=O) groups is 2. The van der Waals surface area contributed by atoms with E-state index < -0.39 is 6.10 Å². The number of anilines is 1. The molecule has 128 valence electrons. The fourth-order valence-corrected chi connectivity index (χ4v) is 2.48. The number of rotatable bonds is 5. The molecular formula is C19H19N3O3. The number of carbonyl (C=O) groups excluding carboxylic acids is 2. The summed E-state index contributed by atoms with van der Waals surface area (Å²) >= 11 is 0. The van der Waals surface area contributed by atoms with Gasteiger partial charge in [0.2, 0.25) is 0 Å². The lowest BCUT2D eigenvalue weighted by molar-refractivity contribution is -0.126. The number of hydrazone groups is 1. The van der Waals surface area contributed by atoms with Crippen molar-refractivity contribution >= 4 is 23.3 Å². The van der Waals surface area contributed by atoms with Crippen molar-refractivity contribution in [1.82, 2.24) is 5.32 Å². The molecule has 0 fully saturated rings. The Hall–Kier alpha value is -3.15. The van der Waals surface area contributed by atoms with Crippen LogP contribution in [0, 0.1) is 0 Å². The first kappa shape index (κ1) is 16.7. The average Bonchev–Trinajstić information content (AvgIpc) is 3.01. The molecule has 6 heteroatoms. The summed E-state index contributed by atoms with van der Waals surface area (Å²) in [7, 11) is 0. The van der Waals surface area contributed by atoms with Gasteiger partial charge in [-0.25, -0.2) is 0 Å². The second-order valence-corrected chi connectivity index (χ2v) is 5.58. The van der Waals surface area contributed by atoms with Gasteiger partial charge in [-0.15, -0.1) is 0 Å². The molecular weight excluding hydrogens is 318 g/mol. The zero-order valence-electron chi connectivity index (χ0n) is 13.9. The first-order valence-corrected chi connectivity index (χ1v) is 8.15. The van der Waals surface area contributed by atoms with Gasteiger partial charge < -0.3 is 10.1 Å². The molecule has 2 aromatic carbocycles. The quantitative estimate of drug-likeness (QED) is 0.912. The second-order valence-electron chi connectivity index (χ2n) is 5.58. The highest BCUT2D eigenvalue weighted by Crippen LogP contribution is 2.19. The Morgan fingerprint density at radius 3 is 2.44 bits per heavy atom. The molecule has 1 N–H and O–H groups in total. The minimum absolute atomic E-state index is 0.0579. The highest BCUT2D eigenvalue weighted by atomic mass is 16.5. The molecule has 1 heterocycles. The number of nitrogens with one attached hydrogen (secondary N) is 1. The number of amides is 2. The van der Waals surface area contributed by atoms with Crippen LogP contribution < -0.4 is 15.1 Å². The molecule has 0 saturated heterocycles. The van der Waals surface area contributed by atoms with E-state index in [1.54, 1.807) is 24.3 Å². The molecule has 1 atom stereocenters. The van der Waals surface area contributed by atoms with Gasteiger partial charge in [0, 0.05) is 0 Å². The van der Waals surface area contributed by atoms with Crippen molar-refractivity contribution < 1.29 is 14.3 Å². The number of ether oxygens (including phenoxy) is 1. The van der Waals surface area contributed by atoms with Gasteiger partial charge in [0.1, 0.15) is 11.6 Å². The van der Waals surface area contributed by atoms with Gasteiger partial charge in [0.25, 0.3) is 11.8 Å². The Labute approximate surface area is 146 Å². The summed E-state index contributed by atoms with van der Waals surface area (Å²) in [6, 6.07) is 18.3. The third-order valence-corrected chi connectivity index (χ3v) is 3.73. The summed E-state index contributed by atoms with van der Waals surface area (Å²) in [5, 5.41) is 8.22. The number of hydrogen-bond acceptors (Lipinski definition) is 4. The molecule has 1 aliphatic heterocycles. The minimum atomic E-state index is -0.647. The van der Waals surface area contributed by atoms with E-state index in [9.17, 15) is 9.59 Å². The highest BCUT2D eigenvalue weighted by Gasteiger charge is 2.28. The molecule has 0 spiro atoms. The van der Waals surface area contributed by atoms with Gasteiger partial charge in [-0.05, 0) is 30.7 Å². The lowest BCUT2D eigenvalue weighted by atomic mass is 10.2. The van der Waals surface area contributed by atoms with Crippen molar-refractivity contribution in [3.63, 3.8) is 0 Å². The molecule has 0 saturated carbocycles. The fraction of sp³-hybridized carbons (Fsp3) is 0.211. The molecule has 0 radical (unpaired) electrons. The Kier molecular flexibility index (Phi) is 5.09. The van der Waals surface area contributed by atoms with E-state index in [1.807, 2.05) is 43.3 Å². The largest absolute Gasteiger partial charge is 0.481 e. The van der Waals surface area contributed by atoms with Crippen LogP contribution in [-0.2, 0) is 9.59 Å². The van der Waals surface area contributed by atoms with Crippen molar-refractivity contribution in [2.45, 2.75) is 25.9 Å². The summed E-state index contributed by atoms with van der Waals surface area (Å²) in [5.41, 5.74) is 0.671. The summed E-state index contributed by atoms with van der Waals surface area (Å²) in [4.78, 5) is 24.6. The maximum atomic E-state index is 12.4. The number of benzene rings is 2. The predicted octanol–water partition coefficient (Wildman–Crippen LogP) is 2.71. The normalized spacial score (nSPS) is 14.8. The van der Waals surface area contributed by atoms with E-state index >= 15 is 0 Å².